The molecule has 1 aliphatic carbocycles. The van der Waals surface area contributed by atoms with E-state index >= 15 is 0 Å². The third-order valence-corrected chi connectivity index (χ3v) is 4.92. The van der Waals surface area contributed by atoms with E-state index in [4.69, 9.17) is 5.73 Å². The molecule has 2 N–H and O–H groups in total. The molecule has 0 aliphatic heterocycles. The molecule has 17 heavy (non-hydrogen) atoms. The van der Waals surface area contributed by atoms with Crippen LogP contribution in [0.15, 0.2) is 0 Å². The zero-order chi connectivity index (χ0) is 13.2. The lowest BCUT2D eigenvalue weighted by atomic mass is 9.86. The highest BCUT2D eigenvalue weighted by atomic mass is 32.2. The largest absolute Gasteiger partial charge is 0.340 e. The van der Waals surface area contributed by atoms with Gasteiger partial charge in [0.25, 0.3) is 0 Å². The summed E-state index contributed by atoms with van der Waals surface area (Å²) in [5, 5.41) is 0.580. The Bertz CT molecular complexity index is 275. The molecule has 0 aromatic carbocycles. The first-order valence-corrected chi connectivity index (χ1v) is 7.63. The van der Waals surface area contributed by atoms with Gasteiger partial charge in [0.15, 0.2) is 0 Å². The van der Waals surface area contributed by atoms with Crippen molar-refractivity contribution in [3.8, 4) is 0 Å². The minimum absolute atomic E-state index is 0.0865. The van der Waals surface area contributed by atoms with E-state index in [0.29, 0.717) is 11.3 Å². The first kappa shape index (κ1) is 14.8. The molecule has 0 bridgehead atoms. The average Bonchev–Trinajstić information content (AvgIpc) is 2.72. The number of hydrogen-bond acceptors (Lipinski definition) is 3. The Morgan fingerprint density at radius 1 is 1.41 bits per heavy atom. The summed E-state index contributed by atoms with van der Waals surface area (Å²) in [6.07, 6.45) is 5.68. The van der Waals surface area contributed by atoms with Crippen LogP contribution in [0, 0.1) is 5.41 Å². The molecule has 100 valence electrons. The predicted molar refractivity (Wildman–Crippen MR) is 75.1 cm³/mol. The van der Waals surface area contributed by atoms with Crippen LogP contribution in [0.4, 0.5) is 0 Å². The van der Waals surface area contributed by atoms with Crippen molar-refractivity contribution < 1.29 is 4.79 Å². The number of nitrogens with zero attached hydrogens (tertiary/aromatic N) is 1. The van der Waals surface area contributed by atoms with Gasteiger partial charge in [-0.25, -0.2) is 0 Å². The van der Waals surface area contributed by atoms with Crippen molar-refractivity contribution in [2.45, 2.75) is 57.4 Å². The van der Waals surface area contributed by atoms with Crippen LogP contribution in [0.1, 0.15) is 40.0 Å². The van der Waals surface area contributed by atoms with E-state index in [1.807, 2.05) is 44.5 Å². The standard InChI is InChI=1S/C13H26N2OS/c1-13(2,3)11(14)12(16)15(4)9-7-6-8-10(9)17-5/h9-11H,6-8,14H2,1-5H3/t9-,10-,11+/m0/s1. The maximum absolute atomic E-state index is 12.3. The lowest BCUT2D eigenvalue weighted by Gasteiger charge is -2.35. The maximum Gasteiger partial charge on any atom is 0.240 e. The van der Waals surface area contributed by atoms with E-state index in [9.17, 15) is 4.79 Å². The minimum atomic E-state index is -0.407. The molecule has 1 rings (SSSR count). The number of carbonyl (C=O) groups excluding carboxylic acids is 1. The van der Waals surface area contributed by atoms with E-state index in [2.05, 4.69) is 6.26 Å². The topological polar surface area (TPSA) is 46.3 Å². The molecule has 0 unspecified atom stereocenters. The number of carbonyl (C=O) groups is 1. The third-order valence-electron chi connectivity index (χ3n) is 3.76. The van der Waals surface area contributed by atoms with Crippen LogP contribution in [-0.2, 0) is 4.79 Å². The first-order chi connectivity index (χ1) is 7.79. The lowest BCUT2D eigenvalue weighted by Crippen LogP contribution is -2.53. The Balaban J connectivity index is 2.69. The van der Waals surface area contributed by atoms with Crippen molar-refractivity contribution in [2.75, 3.05) is 13.3 Å². The molecule has 3 atom stereocenters. The molecular weight excluding hydrogens is 232 g/mol. The van der Waals surface area contributed by atoms with Gasteiger partial charge in [-0.15, -0.1) is 0 Å². The molecule has 0 aromatic heterocycles. The van der Waals surface area contributed by atoms with Gasteiger partial charge in [0.05, 0.1) is 6.04 Å². The molecule has 0 saturated heterocycles. The fourth-order valence-corrected chi connectivity index (χ4v) is 3.41. The van der Waals surface area contributed by atoms with Gasteiger partial charge in [0.2, 0.25) is 5.91 Å². The van der Waals surface area contributed by atoms with E-state index in [-0.39, 0.29) is 11.3 Å². The van der Waals surface area contributed by atoms with Crippen molar-refractivity contribution in [3.63, 3.8) is 0 Å². The predicted octanol–water partition coefficient (Wildman–Crippen LogP) is 2.10. The number of nitrogens with two attached hydrogens (primary N) is 1. The van der Waals surface area contributed by atoms with Gasteiger partial charge < -0.3 is 10.6 Å². The first-order valence-electron chi connectivity index (χ1n) is 6.34. The van der Waals surface area contributed by atoms with Gasteiger partial charge in [-0.3, -0.25) is 4.79 Å². The summed E-state index contributed by atoms with van der Waals surface area (Å²) < 4.78 is 0. The second kappa shape index (κ2) is 5.61. The van der Waals surface area contributed by atoms with E-state index in [1.54, 1.807) is 0 Å². The highest BCUT2D eigenvalue weighted by Crippen LogP contribution is 2.32. The summed E-state index contributed by atoms with van der Waals surface area (Å²) in [7, 11) is 1.91. The fraction of sp³-hybridized carbons (Fsp3) is 0.923. The molecule has 0 aromatic rings. The van der Waals surface area contributed by atoms with Gasteiger partial charge in [-0.2, -0.15) is 11.8 Å². The van der Waals surface area contributed by atoms with Gasteiger partial charge >= 0.3 is 0 Å². The van der Waals surface area contributed by atoms with Gasteiger partial charge in [-0.1, -0.05) is 27.2 Å². The third kappa shape index (κ3) is 3.38. The van der Waals surface area contributed by atoms with Crippen molar-refractivity contribution >= 4 is 17.7 Å². The molecule has 1 amide bonds. The number of rotatable bonds is 3. The molecular formula is C13H26N2OS. The number of likely N-dealkylation sites (N-methyl/N-ethyl adjacent to an activating group) is 1. The quantitative estimate of drug-likeness (QED) is 0.843. The molecule has 1 fully saturated rings. The molecule has 1 saturated carbocycles. The molecule has 4 heteroatoms. The monoisotopic (exact) mass is 258 g/mol. The highest BCUT2D eigenvalue weighted by molar-refractivity contribution is 7.99. The van der Waals surface area contributed by atoms with E-state index in [1.165, 1.54) is 12.8 Å². The van der Waals surface area contributed by atoms with Crippen LogP contribution in [0.3, 0.4) is 0 Å². The normalized spacial score (nSPS) is 26.9. The summed E-state index contributed by atoms with van der Waals surface area (Å²) in [6.45, 7) is 6.05. The van der Waals surface area contributed by atoms with Gasteiger partial charge in [0.1, 0.15) is 0 Å². The van der Waals surface area contributed by atoms with E-state index in [0.717, 1.165) is 6.42 Å². The summed E-state index contributed by atoms with van der Waals surface area (Å²) in [4.78, 5) is 14.2. The lowest BCUT2D eigenvalue weighted by molar-refractivity contribution is -0.135. The summed E-state index contributed by atoms with van der Waals surface area (Å²) in [5.41, 5.74) is 5.88. The van der Waals surface area contributed by atoms with Crippen LogP contribution in [0.5, 0.6) is 0 Å². The molecule has 1 aliphatic rings. The van der Waals surface area contributed by atoms with Crippen molar-refractivity contribution in [1.29, 1.82) is 0 Å². The SMILES string of the molecule is CS[C@H]1CCC[C@@H]1N(C)C(=O)[C@@H](N)C(C)(C)C. The minimum Gasteiger partial charge on any atom is -0.340 e. The zero-order valence-corrected chi connectivity index (χ0v) is 12.5. The van der Waals surface area contributed by atoms with Crippen LogP contribution < -0.4 is 5.73 Å². The molecule has 0 heterocycles. The van der Waals surface area contributed by atoms with E-state index < -0.39 is 6.04 Å². The second-order valence-electron chi connectivity index (χ2n) is 6.07. The average molecular weight is 258 g/mol. The van der Waals surface area contributed by atoms with Crippen molar-refractivity contribution in [1.82, 2.24) is 4.90 Å². The Hall–Kier alpha value is -0.220. The van der Waals surface area contributed by atoms with Gasteiger partial charge in [-0.05, 0) is 24.5 Å². The Kier molecular flexibility index (Phi) is 4.90. The fourth-order valence-electron chi connectivity index (χ4n) is 2.38. The Labute approximate surface area is 109 Å². The van der Waals surface area contributed by atoms with Crippen LogP contribution >= 0.6 is 11.8 Å². The molecule has 0 spiro atoms. The van der Waals surface area contributed by atoms with Gasteiger partial charge in [0, 0.05) is 18.3 Å². The Morgan fingerprint density at radius 3 is 2.47 bits per heavy atom. The zero-order valence-electron chi connectivity index (χ0n) is 11.7. The van der Waals surface area contributed by atoms with Crippen LogP contribution in [-0.4, -0.2) is 41.4 Å². The number of amides is 1. The number of hydrogen-bond donors (Lipinski definition) is 1. The Morgan fingerprint density at radius 2 is 2.00 bits per heavy atom. The van der Waals surface area contributed by atoms with Crippen molar-refractivity contribution in [2.24, 2.45) is 11.1 Å². The van der Waals surface area contributed by atoms with Crippen LogP contribution in [0.2, 0.25) is 0 Å². The summed E-state index contributed by atoms with van der Waals surface area (Å²) in [6, 6.07) is -0.0403. The highest BCUT2D eigenvalue weighted by Gasteiger charge is 2.36. The van der Waals surface area contributed by atoms with Crippen molar-refractivity contribution in [3.05, 3.63) is 0 Å². The number of thioether (sulfide) groups is 1. The molecule has 0 radical (unpaired) electrons. The smallest absolute Gasteiger partial charge is 0.240 e. The van der Waals surface area contributed by atoms with Crippen LogP contribution in [0.25, 0.3) is 0 Å². The summed E-state index contributed by atoms with van der Waals surface area (Å²) in [5.74, 6) is 0.0865. The molecule has 3 nitrogen and oxygen atoms in total. The maximum atomic E-state index is 12.3. The summed E-state index contributed by atoms with van der Waals surface area (Å²) >= 11 is 1.87. The second-order valence-corrected chi connectivity index (χ2v) is 7.14.